The molecule has 0 aliphatic heterocycles. The van der Waals surface area contributed by atoms with E-state index in [9.17, 15) is 19.5 Å². The number of para-hydroxylation sites is 1. The summed E-state index contributed by atoms with van der Waals surface area (Å²) < 4.78 is 5.25. The van der Waals surface area contributed by atoms with Gasteiger partial charge in [0, 0.05) is 17.1 Å². The van der Waals surface area contributed by atoms with Crippen LogP contribution in [-0.4, -0.2) is 51.1 Å². The molecule has 1 aromatic rings. The van der Waals surface area contributed by atoms with Crippen LogP contribution in [-0.2, 0) is 14.3 Å². The van der Waals surface area contributed by atoms with Gasteiger partial charge in [0.1, 0.15) is 23.4 Å². The van der Waals surface area contributed by atoms with E-state index in [1.54, 1.807) is 59.7 Å². The molecular formula is C24H39N3O5. The number of benzene rings is 1. The van der Waals surface area contributed by atoms with Crippen LogP contribution in [0.1, 0.15) is 79.5 Å². The summed E-state index contributed by atoms with van der Waals surface area (Å²) in [6, 6.07) is 2.64. The number of carbonyl (C=O) groups is 3. The molecule has 0 heterocycles. The van der Waals surface area contributed by atoms with Crippen molar-refractivity contribution in [3.8, 4) is 5.75 Å². The first kappa shape index (κ1) is 27.3. The number of ether oxygens (including phenoxy) is 1. The topological polar surface area (TPSA) is 108 Å². The number of rotatable bonds is 6. The highest BCUT2D eigenvalue weighted by atomic mass is 16.6. The zero-order chi connectivity index (χ0) is 25.0. The van der Waals surface area contributed by atoms with Crippen molar-refractivity contribution in [1.29, 1.82) is 0 Å². The summed E-state index contributed by atoms with van der Waals surface area (Å²) in [6.07, 6.45) is -0.726. The Morgan fingerprint density at radius 3 is 2.06 bits per heavy atom. The van der Waals surface area contributed by atoms with Crippen molar-refractivity contribution in [1.82, 2.24) is 15.5 Å². The second-order valence-electron chi connectivity index (χ2n) is 10.4. The van der Waals surface area contributed by atoms with E-state index in [2.05, 4.69) is 10.6 Å². The minimum absolute atomic E-state index is 0.0484. The number of amides is 3. The normalized spacial score (nSPS) is 13.8. The quantitative estimate of drug-likeness (QED) is 0.612. The highest BCUT2D eigenvalue weighted by Crippen LogP contribution is 2.33. The summed E-state index contributed by atoms with van der Waals surface area (Å²) in [5.74, 6) is -0.946. The van der Waals surface area contributed by atoms with Crippen LogP contribution in [0.25, 0.3) is 0 Å². The van der Waals surface area contributed by atoms with Crippen LogP contribution in [0, 0.1) is 6.92 Å². The molecule has 0 radical (unpaired) electrons. The van der Waals surface area contributed by atoms with Gasteiger partial charge in [0.05, 0.1) is 0 Å². The van der Waals surface area contributed by atoms with E-state index >= 15 is 0 Å². The first-order valence-electron chi connectivity index (χ1n) is 10.9. The van der Waals surface area contributed by atoms with Gasteiger partial charge in [-0.3, -0.25) is 9.59 Å². The first-order valence-corrected chi connectivity index (χ1v) is 10.9. The van der Waals surface area contributed by atoms with Gasteiger partial charge in [-0.15, -0.1) is 0 Å². The molecule has 0 saturated carbocycles. The molecule has 32 heavy (non-hydrogen) atoms. The largest absolute Gasteiger partial charge is 0.507 e. The number of hydrogen-bond acceptors (Lipinski definition) is 5. The fourth-order valence-electron chi connectivity index (χ4n) is 3.21. The molecular weight excluding hydrogens is 410 g/mol. The molecule has 0 aliphatic rings. The minimum Gasteiger partial charge on any atom is -0.507 e. The van der Waals surface area contributed by atoms with Gasteiger partial charge in [-0.1, -0.05) is 18.2 Å². The average molecular weight is 450 g/mol. The maximum absolute atomic E-state index is 13.5. The summed E-state index contributed by atoms with van der Waals surface area (Å²) in [4.78, 5) is 40.4. The smallest absolute Gasteiger partial charge is 0.408 e. The molecule has 180 valence electrons. The van der Waals surface area contributed by atoms with Gasteiger partial charge in [-0.2, -0.15) is 0 Å². The second-order valence-corrected chi connectivity index (χ2v) is 10.4. The van der Waals surface area contributed by atoms with E-state index in [0.29, 0.717) is 11.1 Å². The lowest BCUT2D eigenvalue weighted by Gasteiger charge is -2.38. The predicted octanol–water partition coefficient (Wildman–Crippen LogP) is 3.81. The van der Waals surface area contributed by atoms with Crippen LogP contribution in [0.3, 0.4) is 0 Å². The second kappa shape index (κ2) is 10.2. The van der Waals surface area contributed by atoms with Crippen LogP contribution in [0.4, 0.5) is 4.79 Å². The Bertz CT molecular complexity index is 837. The number of nitrogens with zero attached hydrogens (tertiary/aromatic N) is 1. The van der Waals surface area contributed by atoms with E-state index in [1.165, 1.54) is 11.8 Å². The summed E-state index contributed by atoms with van der Waals surface area (Å²) in [5, 5.41) is 16.2. The van der Waals surface area contributed by atoms with Gasteiger partial charge in [-0.05, 0) is 74.8 Å². The third-order valence-corrected chi connectivity index (χ3v) is 4.50. The van der Waals surface area contributed by atoms with Crippen molar-refractivity contribution in [2.75, 3.05) is 0 Å². The third-order valence-electron chi connectivity index (χ3n) is 4.50. The molecule has 8 nitrogen and oxygen atoms in total. The molecule has 0 aromatic heterocycles. The monoisotopic (exact) mass is 449 g/mol. The predicted molar refractivity (Wildman–Crippen MR) is 124 cm³/mol. The summed E-state index contributed by atoms with van der Waals surface area (Å²) in [5.41, 5.74) is -0.362. The highest BCUT2D eigenvalue weighted by Gasteiger charge is 2.38. The zero-order valence-electron chi connectivity index (χ0n) is 21.0. The lowest BCUT2D eigenvalue weighted by molar-refractivity contribution is -0.144. The van der Waals surface area contributed by atoms with Crippen molar-refractivity contribution in [2.45, 2.75) is 98.5 Å². The van der Waals surface area contributed by atoms with E-state index in [1.807, 2.05) is 20.8 Å². The lowest BCUT2D eigenvalue weighted by atomic mass is 9.97. The van der Waals surface area contributed by atoms with Crippen LogP contribution >= 0.6 is 0 Å². The molecule has 2 atom stereocenters. The van der Waals surface area contributed by atoms with Gasteiger partial charge in [0.15, 0.2) is 0 Å². The third kappa shape index (κ3) is 7.73. The Morgan fingerprint density at radius 1 is 1.03 bits per heavy atom. The molecule has 8 heteroatoms. The van der Waals surface area contributed by atoms with Gasteiger partial charge in [0.2, 0.25) is 11.8 Å². The van der Waals surface area contributed by atoms with Gasteiger partial charge >= 0.3 is 6.09 Å². The van der Waals surface area contributed by atoms with Crippen molar-refractivity contribution >= 4 is 17.9 Å². The number of hydrogen-bond donors (Lipinski definition) is 3. The Morgan fingerprint density at radius 2 is 1.59 bits per heavy atom. The van der Waals surface area contributed by atoms with Crippen LogP contribution in [0.2, 0.25) is 0 Å². The molecule has 2 unspecified atom stereocenters. The molecule has 0 fully saturated rings. The Kier molecular flexibility index (Phi) is 8.72. The molecule has 3 amide bonds. The number of nitrogens with one attached hydrogen (secondary N) is 2. The molecule has 1 aromatic carbocycles. The molecule has 0 bridgehead atoms. The van der Waals surface area contributed by atoms with Gasteiger partial charge < -0.3 is 25.4 Å². The molecule has 0 spiro atoms. The molecule has 0 aliphatic carbocycles. The Balaban J connectivity index is 3.41. The Hall–Kier alpha value is -2.77. The van der Waals surface area contributed by atoms with Gasteiger partial charge in [0.25, 0.3) is 0 Å². The van der Waals surface area contributed by atoms with Crippen LogP contribution in [0.15, 0.2) is 18.2 Å². The summed E-state index contributed by atoms with van der Waals surface area (Å²) >= 11 is 0. The number of aryl methyl sites for hydroxylation is 1. The fraction of sp³-hybridized carbons (Fsp3) is 0.625. The number of alkyl carbamates (subject to hydrolysis) is 1. The zero-order valence-corrected chi connectivity index (χ0v) is 21.0. The first-order chi connectivity index (χ1) is 14.4. The van der Waals surface area contributed by atoms with Crippen molar-refractivity contribution in [3.05, 3.63) is 29.3 Å². The van der Waals surface area contributed by atoms with E-state index in [0.717, 1.165) is 0 Å². The molecule has 0 saturated heterocycles. The van der Waals surface area contributed by atoms with Crippen LogP contribution < -0.4 is 10.6 Å². The van der Waals surface area contributed by atoms with Gasteiger partial charge in [-0.25, -0.2) is 4.79 Å². The minimum atomic E-state index is -1.09. The lowest BCUT2D eigenvalue weighted by Crippen LogP contribution is -2.55. The standard InChI is InChI=1S/C24H39N3O5/c1-14(2)27(21(30)16(4)25-22(31)32-24(8,9)10)18(20(29)26-23(5,6)7)17-13-11-12-15(3)19(17)28/h11-14,16,18,28H,1-10H3,(H,25,31)(H,26,29). The van der Waals surface area contributed by atoms with Crippen molar-refractivity contribution in [2.24, 2.45) is 0 Å². The number of carbonyl (C=O) groups excluding carboxylic acids is 3. The number of phenols is 1. The van der Waals surface area contributed by atoms with E-state index in [-0.39, 0.29) is 5.75 Å². The van der Waals surface area contributed by atoms with Crippen molar-refractivity contribution in [3.63, 3.8) is 0 Å². The maximum Gasteiger partial charge on any atom is 0.408 e. The number of aromatic hydroxyl groups is 1. The molecule has 3 N–H and O–H groups in total. The average Bonchev–Trinajstić information content (AvgIpc) is 2.58. The summed E-state index contributed by atoms with van der Waals surface area (Å²) in [6.45, 7) is 17.5. The highest BCUT2D eigenvalue weighted by molar-refractivity contribution is 5.92. The van der Waals surface area contributed by atoms with E-state index in [4.69, 9.17) is 4.74 Å². The van der Waals surface area contributed by atoms with E-state index < -0.39 is 47.2 Å². The fourth-order valence-corrected chi connectivity index (χ4v) is 3.21. The SMILES string of the molecule is Cc1cccc(C(C(=O)NC(C)(C)C)N(C(=O)C(C)NC(=O)OC(C)(C)C)C(C)C)c1O. The summed E-state index contributed by atoms with van der Waals surface area (Å²) in [7, 11) is 0. The number of phenolic OH excluding ortho intramolecular Hbond substituents is 1. The maximum atomic E-state index is 13.5. The molecule has 1 rings (SSSR count). The van der Waals surface area contributed by atoms with Crippen molar-refractivity contribution < 1.29 is 24.2 Å². The Labute approximate surface area is 191 Å². The van der Waals surface area contributed by atoms with Crippen LogP contribution in [0.5, 0.6) is 5.75 Å².